The third-order valence-electron chi connectivity index (χ3n) is 4.08. The smallest absolute Gasteiger partial charge is 0.271 e. The number of anilines is 1. The molecule has 150 valence electrons. The lowest BCUT2D eigenvalue weighted by Gasteiger charge is -2.25. The number of benzene rings is 2. The first-order valence-electron chi connectivity index (χ1n) is 8.87. The van der Waals surface area contributed by atoms with Crippen LogP contribution in [0.3, 0.4) is 0 Å². The molecule has 0 bridgehead atoms. The van der Waals surface area contributed by atoms with Crippen molar-refractivity contribution in [1.82, 2.24) is 5.32 Å². The van der Waals surface area contributed by atoms with E-state index in [0.29, 0.717) is 0 Å². The van der Waals surface area contributed by atoms with Crippen LogP contribution in [0.1, 0.15) is 26.7 Å². The predicted molar refractivity (Wildman–Crippen MR) is 107 cm³/mol. The highest BCUT2D eigenvalue weighted by Crippen LogP contribution is 2.26. The molecule has 1 amide bonds. The second-order valence-electron chi connectivity index (χ2n) is 6.36. The topological polar surface area (TPSA) is 110 Å². The number of rotatable bonds is 9. The Labute approximate surface area is 164 Å². The van der Waals surface area contributed by atoms with Crippen LogP contribution in [0.25, 0.3) is 0 Å². The van der Waals surface area contributed by atoms with E-state index in [0.717, 1.165) is 23.2 Å². The van der Waals surface area contributed by atoms with E-state index in [9.17, 15) is 23.3 Å². The van der Waals surface area contributed by atoms with E-state index in [2.05, 4.69) is 5.32 Å². The normalized spacial score (nSPS) is 12.2. The van der Waals surface area contributed by atoms with Crippen molar-refractivity contribution in [2.45, 2.75) is 37.6 Å². The van der Waals surface area contributed by atoms with Crippen LogP contribution in [0.15, 0.2) is 59.5 Å². The van der Waals surface area contributed by atoms with Gasteiger partial charge in [0.25, 0.3) is 15.7 Å². The van der Waals surface area contributed by atoms with Gasteiger partial charge in [-0.15, -0.1) is 0 Å². The average molecular weight is 405 g/mol. The Bertz CT molecular complexity index is 932. The molecule has 0 aliphatic rings. The zero-order chi connectivity index (χ0) is 20.7. The molecule has 0 aromatic heterocycles. The van der Waals surface area contributed by atoms with E-state index in [1.807, 2.05) is 13.8 Å². The van der Waals surface area contributed by atoms with E-state index < -0.39 is 27.4 Å². The minimum Gasteiger partial charge on any atom is -0.352 e. The number of nitrogens with zero attached hydrogens (tertiary/aromatic N) is 2. The predicted octanol–water partition coefficient (Wildman–Crippen LogP) is 3.09. The lowest BCUT2D eigenvalue weighted by atomic mass is 10.2. The first-order valence-corrected chi connectivity index (χ1v) is 10.3. The maximum Gasteiger partial charge on any atom is 0.271 e. The molecular formula is C19H23N3O5S. The van der Waals surface area contributed by atoms with Crippen molar-refractivity contribution in [3.8, 4) is 0 Å². The summed E-state index contributed by atoms with van der Waals surface area (Å²) in [7, 11) is -4.09. The lowest BCUT2D eigenvalue weighted by molar-refractivity contribution is -0.384. The fourth-order valence-electron chi connectivity index (χ4n) is 2.75. The molecule has 0 aliphatic heterocycles. The Morgan fingerprint density at radius 1 is 1.18 bits per heavy atom. The first kappa shape index (κ1) is 21.4. The monoisotopic (exact) mass is 405 g/mol. The Morgan fingerprint density at radius 2 is 1.86 bits per heavy atom. The van der Waals surface area contributed by atoms with Crippen LogP contribution >= 0.6 is 0 Å². The maximum absolute atomic E-state index is 13.1. The third kappa shape index (κ3) is 5.29. The van der Waals surface area contributed by atoms with Crippen LogP contribution < -0.4 is 9.62 Å². The molecule has 1 atom stereocenters. The number of carbonyl (C=O) groups excluding carboxylic acids is 1. The lowest BCUT2D eigenvalue weighted by Crippen LogP contribution is -2.43. The summed E-state index contributed by atoms with van der Waals surface area (Å²) in [5.74, 6) is -0.480. The fourth-order valence-corrected chi connectivity index (χ4v) is 4.19. The van der Waals surface area contributed by atoms with Gasteiger partial charge < -0.3 is 5.32 Å². The van der Waals surface area contributed by atoms with Gasteiger partial charge in [-0.25, -0.2) is 8.42 Å². The molecule has 28 heavy (non-hydrogen) atoms. The number of hydrogen-bond donors (Lipinski definition) is 1. The summed E-state index contributed by atoms with van der Waals surface area (Å²) in [5, 5.41) is 13.9. The SMILES string of the molecule is CCCC(C)NC(=O)CN(c1cccc([N+](=O)[O-])c1)S(=O)(=O)c1ccccc1. The molecule has 0 aliphatic carbocycles. The largest absolute Gasteiger partial charge is 0.352 e. The van der Waals surface area contributed by atoms with Gasteiger partial charge >= 0.3 is 0 Å². The Morgan fingerprint density at radius 3 is 2.46 bits per heavy atom. The Hall–Kier alpha value is -2.94. The second-order valence-corrected chi connectivity index (χ2v) is 8.22. The summed E-state index contributed by atoms with van der Waals surface area (Å²) in [6, 6.07) is 12.8. The van der Waals surface area contributed by atoms with Crippen molar-refractivity contribution in [1.29, 1.82) is 0 Å². The number of carbonyl (C=O) groups is 1. The van der Waals surface area contributed by atoms with Gasteiger partial charge in [-0.05, 0) is 31.5 Å². The molecule has 1 unspecified atom stereocenters. The van der Waals surface area contributed by atoms with Gasteiger partial charge in [0.05, 0.1) is 15.5 Å². The summed E-state index contributed by atoms with van der Waals surface area (Å²) in [6.07, 6.45) is 1.63. The van der Waals surface area contributed by atoms with Gasteiger partial charge in [-0.1, -0.05) is 37.6 Å². The van der Waals surface area contributed by atoms with E-state index in [1.54, 1.807) is 18.2 Å². The van der Waals surface area contributed by atoms with Crippen LogP contribution in [0.2, 0.25) is 0 Å². The molecule has 2 aromatic rings. The number of hydrogen-bond acceptors (Lipinski definition) is 5. The van der Waals surface area contributed by atoms with E-state index in [1.165, 1.54) is 30.3 Å². The van der Waals surface area contributed by atoms with Crippen LogP contribution in [-0.2, 0) is 14.8 Å². The van der Waals surface area contributed by atoms with Crippen LogP contribution in [0, 0.1) is 10.1 Å². The quantitative estimate of drug-likeness (QED) is 0.509. The number of nitrogens with one attached hydrogen (secondary N) is 1. The summed E-state index contributed by atoms with van der Waals surface area (Å²) in [6.45, 7) is 3.34. The van der Waals surface area contributed by atoms with Gasteiger partial charge in [-0.3, -0.25) is 19.2 Å². The summed E-state index contributed by atoms with van der Waals surface area (Å²) in [5.41, 5.74) is -0.207. The molecule has 0 radical (unpaired) electrons. The average Bonchev–Trinajstić information content (AvgIpc) is 2.67. The van der Waals surface area contributed by atoms with Crippen LogP contribution in [-0.4, -0.2) is 31.8 Å². The van der Waals surface area contributed by atoms with Crippen LogP contribution in [0.4, 0.5) is 11.4 Å². The third-order valence-corrected chi connectivity index (χ3v) is 5.86. The van der Waals surface area contributed by atoms with Gasteiger partial charge in [0.2, 0.25) is 5.91 Å². The highest BCUT2D eigenvalue weighted by Gasteiger charge is 2.28. The van der Waals surface area contributed by atoms with Gasteiger partial charge in [0, 0.05) is 18.2 Å². The highest BCUT2D eigenvalue weighted by atomic mass is 32.2. The molecule has 2 rings (SSSR count). The summed E-state index contributed by atoms with van der Waals surface area (Å²) >= 11 is 0. The fraction of sp³-hybridized carbons (Fsp3) is 0.316. The van der Waals surface area contributed by atoms with E-state index >= 15 is 0 Å². The molecule has 0 spiro atoms. The van der Waals surface area contributed by atoms with E-state index in [4.69, 9.17) is 0 Å². The highest BCUT2D eigenvalue weighted by molar-refractivity contribution is 7.92. The van der Waals surface area contributed by atoms with Crippen molar-refractivity contribution >= 4 is 27.3 Å². The number of amides is 1. The Balaban J connectivity index is 2.43. The van der Waals surface area contributed by atoms with Gasteiger partial charge in [0.1, 0.15) is 6.54 Å². The van der Waals surface area contributed by atoms with E-state index in [-0.39, 0.29) is 22.3 Å². The number of non-ortho nitro benzene ring substituents is 1. The van der Waals surface area contributed by atoms with Crippen LogP contribution in [0.5, 0.6) is 0 Å². The molecule has 9 heteroatoms. The molecule has 8 nitrogen and oxygen atoms in total. The minimum atomic E-state index is -4.09. The van der Waals surface area contributed by atoms with Crippen molar-refractivity contribution < 1.29 is 18.1 Å². The second kappa shape index (κ2) is 9.32. The Kier molecular flexibility index (Phi) is 7.11. The van der Waals surface area contributed by atoms with Crippen molar-refractivity contribution in [2.75, 3.05) is 10.8 Å². The molecule has 0 heterocycles. The molecular weight excluding hydrogens is 382 g/mol. The zero-order valence-corrected chi connectivity index (χ0v) is 16.6. The minimum absolute atomic E-state index is 0.00378. The number of sulfonamides is 1. The summed E-state index contributed by atoms with van der Waals surface area (Å²) in [4.78, 5) is 22.9. The standard InChI is InChI=1S/C19H23N3O5S/c1-3-8-15(2)20-19(23)14-21(16-9-7-10-17(13-16)22(24)25)28(26,27)18-11-5-4-6-12-18/h4-7,9-13,15H,3,8,14H2,1-2H3,(H,20,23). The van der Waals surface area contributed by atoms with Gasteiger partial charge in [0.15, 0.2) is 0 Å². The molecule has 0 fully saturated rings. The first-order chi connectivity index (χ1) is 13.3. The molecule has 1 N–H and O–H groups in total. The van der Waals surface area contributed by atoms with Crippen molar-refractivity contribution in [2.24, 2.45) is 0 Å². The zero-order valence-electron chi connectivity index (χ0n) is 15.7. The van der Waals surface area contributed by atoms with Crippen molar-refractivity contribution in [3.63, 3.8) is 0 Å². The molecule has 0 saturated carbocycles. The molecule has 2 aromatic carbocycles. The van der Waals surface area contributed by atoms with Crippen molar-refractivity contribution in [3.05, 3.63) is 64.7 Å². The maximum atomic E-state index is 13.1. The summed E-state index contributed by atoms with van der Waals surface area (Å²) < 4.78 is 27.2. The molecule has 0 saturated heterocycles. The van der Waals surface area contributed by atoms with Gasteiger partial charge in [-0.2, -0.15) is 0 Å². The number of nitro groups is 1. The number of nitro benzene ring substituents is 1.